The molecule has 0 amide bonds. The number of anilines is 1. The summed E-state index contributed by atoms with van der Waals surface area (Å²) in [4.78, 5) is -0.522. The Morgan fingerprint density at radius 2 is 1.95 bits per heavy atom. The Labute approximate surface area is 127 Å². The summed E-state index contributed by atoms with van der Waals surface area (Å²) in [6.45, 7) is 1.41. The topological polar surface area (TPSA) is 66.4 Å². The van der Waals surface area contributed by atoms with Gasteiger partial charge in [-0.1, -0.05) is 23.7 Å². The van der Waals surface area contributed by atoms with Gasteiger partial charge in [0.1, 0.15) is 10.7 Å². The minimum absolute atomic E-state index is 0.236. The molecule has 0 saturated heterocycles. The number of benzene rings is 2. The van der Waals surface area contributed by atoms with E-state index in [-0.39, 0.29) is 12.3 Å². The van der Waals surface area contributed by atoms with Crippen LogP contribution in [0.4, 0.5) is 10.1 Å². The van der Waals surface area contributed by atoms with Crippen molar-refractivity contribution < 1.29 is 17.9 Å². The molecule has 0 heterocycles. The maximum absolute atomic E-state index is 13.7. The first-order valence-electron chi connectivity index (χ1n) is 6.02. The molecule has 0 unspecified atom stereocenters. The second-order valence-corrected chi connectivity index (χ2v) is 6.55. The molecule has 7 heteroatoms. The van der Waals surface area contributed by atoms with Gasteiger partial charge < -0.3 is 5.11 Å². The Morgan fingerprint density at radius 1 is 1.24 bits per heavy atom. The first-order chi connectivity index (χ1) is 9.83. The lowest BCUT2D eigenvalue weighted by atomic mass is 10.2. The zero-order chi connectivity index (χ0) is 15.6. The highest BCUT2D eigenvalue weighted by molar-refractivity contribution is 7.92. The van der Waals surface area contributed by atoms with Crippen molar-refractivity contribution in [2.24, 2.45) is 0 Å². The predicted molar refractivity (Wildman–Crippen MR) is 79.3 cm³/mol. The van der Waals surface area contributed by atoms with E-state index in [2.05, 4.69) is 4.72 Å². The second kappa shape index (κ2) is 6.01. The number of aliphatic hydroxyl groups is 1. The number of rotatable bonds is 4. The van der Waals surface area contributed by atoms with Crippen molar-refractivity contribution >= 4 is 27.3 Å². The number of aliphatic hydroxyl groups excluding tert-OH is 1. The van der Waals surface area contributed by atoms with Crippen LogP contribution in [0, 0.1) is 12.7 Å². The number of hydrogen-bond donors (Lipinski definition) is 2. The van der Waals surface area contributed by atoms with Crippen LogP contribution in [0.15, 0.2) is 41.3 Å². The van der Waals surface area contributed by atoms with Crippen LogP contribution in [-0.2, 0) is 16.6 Å². The molecule has 2 aromatic carbocycles. The monoisotopic (exact) mass is 329 g/mol. The number of nitrogens with one attached hydrogen (secondary N) is 1. The first-order valence-corrected chi connectivity index (χ1v) is 7.88. The largest absolute Gasteiger partial charge is 0.392 e. The Hall–Kier alpha value is -1.63. The van der Waals surface area contributed by atoms with E-state index < -0.39 is 20.7 Å². The van der Waals surface area contributed by atoms with Crippen LogP contribution in [0.2, 0.25) is 5.02 Å². The van der Waals surface area contributed by atoms with Gasteiger partial charge in [0, 0.05) is 5.02 Å². The molecule has 4 nitrogen and oxygen atoms in total. The minimum atomic E-state index is -4.10. The van der Waals surface area contributed by atoms with Crippen molar-refractivity contribution in [1.82, 2.24) is 0 Å². The number of halogens is 2. The third-order valence-electron chi connectivity index (χ3n) is 2.89. The third kappa shape index (κ3) is 3.53. The van der Waals surface area contributed by atoms with Gasteiger partial charge in [-0.05, 0) is 42.3 Å². The Kier molecular flexibility index (Phi) is 4.51. The highest BCUT2D eigenvalue weighted by atomic mass is 35.5. The van der Waals surface area contributed by atoms with Gasteiger partial charge in [0.25, 0.3) is 10.0 Å². The maximum atomic E-state index is 13.7. The Bertz CT molecular complexity index is 778. The van der Waals surface area contributed by atoms with Gasteiger partial charge in [0.2, 0.25) is 0 Å². The molecule has 0 saturated carbocycles. The fraction of sp³-hybridized carbons (Fsp3) is 0.143. The maximum Gasteiger partial charge on any atom is 0.264 e. The summed E-state index contributed by atoms with van der Waals surface area (Å²) < 4.78 is 40.4. The van der Waals surface area contributed by atoms with Crippen LogP contribution in [0.5, 0.6) is 0 Å². The molecular formula is C14H13ClFNO3S. The molecule has 2 aromatic rings. The molecule has 0 aromatic heterocycles. The van der Waals surface area contributed by atoms with Crippen LogP contribution in [-0.4, -0.2) is 13.5 Å². The van der Waals surface area contributed by atoms with Gasteiger partial charge in [-0.3, -0.25) is 4.72 Å². The van der Waals surface area contributed by atoms with Crippen molar-refractivity contribution in [2.75, 3.05) is 4.72 Å². The average molecular weight is 330 g/mol. The zero-order valence-electron chi connectivity index (χ0n) is 11.1. The number of aryl methyl sites for hydroxylation is 1. The van der Waals surface area contributed by atoms with E-state index in [0.29, 0.717) is 10.6 Å². The van der Waals surface area contributed by atoms with Gasteiger partial charge in [-0.25, -0.2) is 12.8 Å². The molecule has 2 N–H and O–H groups in total. The highest BCUT2D eigenvalue weighted by Gasteiger charge is 2.20. The zero-order valence-corrected chi connectivity index (χ0v) is 12.7. The van der Waals surface area contributed by atoms with Crippen LogP contribution in [0.25, 0.3) is 0 Å². The van der Waals surface area contributed by atoms with E-state index in [0.717, 1.165) is 17.7 Å². The smallest absolute Gasteiger partial charge is 0.264 e. The third-order valence-corrected chi connectivity index (χ3v) is 4.70. The standard InChI is InChI=1S/C14H13ClFNO3S/c1-9-2-4-11(7-12(9)15)17-21(19,20)14-6-10(8-18)3-5-13(14)16/h2-7,17-18H,8H2,1H3. The van der Waals surface area contributed by atoms with Gasteiger partial charge in [0.05, 0.1) is 12.3 Å². The molecule has 2 rings (SSSR count). The van der Waals surface area contributed by atoms with E-state index >= 15 is 0 Å². The van der Waals surface area contributed by atoms with Crippen LogP contribution >= 0.6 is 11.6 Å². The van der Waals surface area contributed by atoms with E-state index in [1.807, 2.05) is 0 Å². The molecule has 0 aliphatic heterocycles. The van der Waals surface area contributed by atoms with E-state index in [9.17, 15) is 12.8 Å². The van der Waals surface area contributed by atoms with Crippen molar-refractivity contribution in [3.8, 4) is 0 Å². The predicted octanol–water partition coefficient (Wildman–Crippen LogP) is 3.08. The Morgan fingerprint density at radius 3 is 2.57 bits per heavy atom. The van der Waals surface area contributed by atoms with E-state index in [4.69, 9.17) is 16.7 Å². The molecule has 0 bridgehead atoms. The second-order valence-electron chi connectivity index (χ2n) is 4.49. The van der Waals surface area contributed by atoms with E-state index in [1.165, 1.54) is 18.2 Å². The summed E-state index contributed by atoms with van der Waals surface area (Å²) in [6, 6.07) is 8.04. The number of sulfonamides is 1. The highest BCUT2D eigenvalue weighted by Crippen LogP contribution is 2.24. The molecule has 0 spiro atoms. The average Bonchev–Trinajstić information content (AvgIpc) is 2.43. The molecule has 0 aliphatic rings. The van der Waals surface area contributed by atoms with Crippen LogP contribution < -0.4 is 4.72 Å². The van der Waals surface area contributed by atoms with E-state index in [1.54, 1.807) is 13.0 Å². The molecule has 0 fully saturated rings. The molecule has 0 aliphatic carbocycles. The summed E-state index contributed by atoms with van der Waals surface area (Å²) in [5.74, 6) is -0.891. The fourth-order valence-electron chi connectivity index (χ4n) is 1.72. The first kappa shape index (κ1) is 15.8. The quantitative estimate of drug-likeness (QED) is 0.906. The van der Waals surface area contributed by atoms with Gasteiger partial charge in [-0.2, -0.15) is 0 Å². The molecule has 21 heavy (non-hydrogen) atoms. The summed E-state index contributed by atoms with van der Waals surface area (Å²) in [6.07, 6.45) is 0. The molecular weight excluding hydrogens is 317 g/mol. The summed E-state index contributed by atoms with van der Waals surface area (Å²) in [5.41, 5.74) is 1.34. The minimum Gasteiger partial charge on any atom is -0.392 e. The fourth-order valence-corrected chi connectivity index (χ4v) is 3.08. The van der Waals surface area contributed by atoms with Crippen LogP contribution in [0.1, 0.15) is 11.1 Å². The van der Waals surface area contributed by atoms with Gasteiger partial charge in [-0.15, -0.1) is 0 Å². The summed E-state index contributed by atoms with van der Waals surface area (Å²) >= 11 is 5.93. The lowest BCUT2D eigenvalue weighted by Crippen LogP contribution is -2.15. The normalized spacial score (nSPS) is 11.4. The number of hydrogen-bond acceptors (Lipinski definition) is 3. The lowest BCUT2D eigenvalue weighted by Gasteiger charge is -2.11. The summed E-state index contributed by atoms with van der Waals surface area (Å²) in [5, 5.41) is 9.42. The molecule has 112 valence electrons. The van der Waals surface area contributed by atoms with Crippen molar-refractivity contribution in [3.63, 3.8) is 0 Å². The van der Waals surface area contributed by atoms with Gasteiger partial charge >= 0.3 is 0 Å². The SMILES string of the molecule is Cc1ccc(NS(=O)(=O)c2cc(CO)ccc2F)cc1Cl. The van der Waals surface area contributed by atoms with Gasteiger partial charge in [0.15, 0.2) is 0 Å². The molecule has 0 radical (unpaired) electrons. The van der Waals surface area contributed by atoms with Crippen molar-refractivity contribution in [1.29, 1.82) is 0 Å². The lowest BCUT2D eigenvalue weighted by molar-refractivity contribution is 0.281. The Balaban J connectivity index is 2.40. The van der Waals surface area contributed by atoms with Crippen molar-refractivity contribution in [2.45, 2.75) is 18.4 Å². The molecule has 0 atom stereocenters. The summed E-state index contributed by atoms with van der Waals surface area (Å²) in [7, 11) is -4.10. The van der Waals surface area contributed by atoms with Crippen LogP contribution in [0.3, 0.4) is 0 Å². The van der Waals surface area contributed by atoms with Crippen molar-refractivity contribution in [3.05, 3.63) is 58.4 Å².